The molecule has 2 rings (SSSR count). The van der Waals surface area contributed by atoms with Crippen molar-refractivity contribution >= 4 is 40.3 Å². The van der Waals surface area contributed by atoms with Crippen LogP contribution in [0.2, 0.25) is 5.02 Å². The highest BCUT2D eigenvalue weighted by molar-refractivity contribution is 7.12. The summed E-state index contributed by atoms with van der Waals surface area (Å²) in [6.07, 6.45) is 0. The fraction of sp³-hybridized carbons (Fsp3) is 0.0909. The predicted molar refractivity (Wildman–Crippen MR) is 67.6 cm³/mol. The minimum atomic E-state index is -0.146. The van der Waals surface area contributed by atoms with Gasteiger partial charge in [0, 0.05) is 16.0 Å². The maximum absolute atomic E-state index is 11.3. The van der Waals surface area contributed by atoms with Gasteiger partial charge in [-0.15, -0.1) is 22.9 Å². The summed E-state index contributed by atoms with van der Waals surface area (Å²) in [6, 6.07) is 7.32. The van der Waals surface area contributed by atoms with Crippen molar-refractivity contribution in [2.24, 2.45) is 0 Å². The van der Waals surface area contributed by atoms with Crippen molar-refractivity contribution in [2.45, 2.75) is 0 Å². The van der Waals surface area contributed by atoms with Gasteiger partial charge in [-0.2, -0.15) is 0 Å². The lowest BCUT2D eigenvalue weighted by Crippen LogP contribution is -1.98. The normalized spacial score (nSPS) is 10.4. The molecule has 0 aliphatic rings. The summed E-state index contributed by atoms with van der Waals surface area (Å²) in [4.78, 5) is 15.5. The van der Waals surface area contributed by atoms with Gasteiger partial charge >= 0.3 is 0 Å². The first-order valence-electron chi connectivity index (χ1n) is 4.51. The second-order valence-electron chi connectivity index (χ2n) is 3.10. The van der Waals surface area contributed by atoms with E-state index in [-0.39, 0.29) is 11.7 Å². The molecule has 5 heteroatoms. The number of carbonyl (C=O) groups excluding carboxylic acids is 1. The molecular weight excluding hydrogens is 265 g/mol. The minimum Gasteiger partial charge on any atom is -0.290 e. The molecule has 0 saturated carbocycles. The highest BCUT2D eigenvalue weighted by Crippen LogP contribution is 2.23. The van der Waals surface area contributed by atoms with Gasteiger partial charge in [-0.1, -0.05) is 23.7 Å². The maximum Gasteiger partial charge on any atom is 0.206 e. The van der Waals surface area contributed by atoms with Crippen LogP contribution in [0.4, 0.5) is 0 Å². The number of hydrogen-bond acceptors (Lipinski definition) is 3. The fourth-order valence-corrected chi connectivity index (χ4v) is 2.31. The predicted octanol–water partition coefficient (Wildman–Crippen LogP) is 3.89. The monoisotopic (exact) mass is 271 g/mol. The Morgan fingerprint density at radius 3 is 2.62 bits per heavy atom. The lowest BCUT2D eigenvalue weighted by atomic mass is 10.2. The van der Waals surface area contributed by atoms with E-state index in [1.807, 2.05) is 17.5 Å². The average Bonchev–Trinajstić information content (AvgIpc) is 2.78. The number of ketones is 1. The third-order valence-electron chi connectivity index (χ3n) is 2.00. The highest BCUT2D eigenvalue weighted by Gasteiger charge is 2.10. The number of hydrogen-bond donors (Lipinski definition) is 0. The van der Waals surface area contributed by atoms with Crippen LogP contribution < -0.4 is 0 Å². The average molecular weight is 272 g/mol. The number of thiazole rings is 1. The van der Waals surface area contributed by atoms with Crippen LogP contribution in [-0.2, 0) is 0 Å². The van der Waals surface area contributed by atoms with Gasteiger partial charge in [0.2, 0.25) is 5.78 Å². The standard InChI is InChI=1S/C11H7Cl2NOS/c12-5-10(15)11-14-9(6-16-11)7-1-3-8(13)4-2-7/h1-4,6H,5H2. The van der Waals surface area contributed by atoms with E-state index in [1.165, 1.54) is 11.3 Å². The second-order valence-corrected chi connectivity index (χ2v) is 4.66. The van der Waals surface area contributed by atoms with Crippen LogP contribution in [0.3, 0.4) is 0 Å². The van der Waals surface area contributed by atoms with E-state index >= 15 is 0 Å². The van der Waals surface area contributed by atoms with E-state index in [1.54, 1.807) is 12.1 Å². The zero-order chi connectivity index (χ0) is 11.5. The Morgan fingerprint density at radius 2 is 2.00 bits per heavy atom. The van der Waals surface area contributed by atoms with Gasteiger partial charge < -0.3 is 0 Å². The molecule has 82 valence electrons. The Labute approximate surface area is 107 Å². The molecule has 2 nitrogen and oxygen atoms in total. The van der Waals surface area contributed by atoms with E-state index in [0.29, 0.717) is 10.0 Å². The topological polar surface area (TPSA) is 30.0 Å². The molecule has 0 radical (unpaired) electrons. The van der Waals surface area contributed by atoms with Crippen molar-refractivity contribution in [1.82, 2.24) is 4.98 Å². The summed E-state index contributed by atoms with van der Waals surface area (Å²) in [6.45, 7) is 0. The molecule has 1 heterocycles. The molecule has 0 unspecified atom stereocenters. The Balaban J connectivity index is 2.31. The van der Waals surface area contributed by atoms with Crippen molar-refractivity contribution in [1.29, 1.82) is 0 Å². The van der Waals surface area contributed by atoms with Gasteiger partial charge in [-0.3, -0.25) is 4.79 Å². The summed E-state index contributed by atoms with van der Waals surface area (Å²) in [7, 11) is 0. The molecule has 1 aromatic carbocycles. The number of benzene rings is 1. The van der Waals surface area contributed by atoms with Crippen LogP contribution in [0.1, 0.15) is 9.80 Å². The summed E-state index contributed by atoms with van der Waals surface area (Å²) in [5.41, 5.74) is 1.71. The number of carbonyl (C=O) groups is 1. The van der Waals surface area contributed by atoms with E-state index in [2.05, 4.69) is 4.98 Å². The number of aromatic nitrogens is 1. The molecule has 0 aliphatic carbocycles. The Bertz CT molecular complexity index is 507. The third kappa shape index (κ3) is 2.43. The minimum absolute atomic E-state index is 0.0342. The van der Waals surface area contributed by atoms with Crippen molar-refractivity contribution in [3.05, 3.63) is 39.7 Å². The van der Waals surface area contributed by atoms with E-state index in [9.17, 15) is 4.79 Å². The first-order valence-corrected chi connectivity index (χ1v) is 6.30. The van der Waals surface area contributed by atoms with Gasteiger partial charge in [-0.25, -0.2) is 4.98 Å². The lowest BCUT2D eigenvalue weighted by Gasteiger charge is -1.95. The Kier molecular flexibility index (Phi) is 3.59. The molecule has 0 spiro atoms. The second kappa shape index (κ2) is 4.95. The summed E-state index contributed by atoms with van der Waals surface area (Å²) in [5, 5.41) is 2.96. The SMILES string of the molecule is O=C(CCl)c1nc(-c2ccc(Cl)cc2)cs1. The van der Waals surface area contributed by atoms with E-state index in [0.717, 1.165) is 11.3 Å². The smallest absolute Gasteiger partial charge is 0.206 e. The van der Waals surface area contributed by atoms with Gasteiger partial charge in [0.25, 0.3) is 0 Å². The molecule has 0 aliphatic heterocycles. The van der Waals surface area contributed by atoms with Crippen LogP contribution in [0, 0.1) is 0 Å². The van der Waals surface area contributed by atoms with E-state index < -0.39 is 0 Å². The van der Waals surface area contributed by atoms with Crippen molar-refractivity contribution in [3.63, 3.8) is 0 Å². The van der Waals surface area contributed by atoms with Crippen LogP contribution in [0.15, 0.2) is 29.6 Å². The third-order valence-corrected chi connectivity index (χ3v) is 3.38. The van der Waals surface area contributed by atoms with Crippen molar-refractivity contribution in [2.75, 3.05) is 5.88 Å². The lowest BCUT2D eigenvalue weighted by molar-refractivity contribution is 0.102. The number of halogens is 2. The van der Waals surface area contributed by atoms with Crippen LogP contribution in [-0.4, -0.2) is 16.6 Å². The molecule has 0 amide bonds. The quantitative estimate of drug-likeness (QED) is 0.626. The molecular formula is C11H7Cl2NOS. The molecule has 0 N–H and O–H groups in total. The number of alkyl halides is 1. The molecule has 0 atom stereocenters. The van der Waals surface area contributed by atoms with Crippen LogP contribution in [0.5, 0.6) is 0 Å². The first-order chi connectivity index (χ1) is 7.70. The molecule has 0 saturated heterocycles. The molecule has 2 aromatic rings. The Morgan fingerprint density at radius 1 is 1.31 bits per heavy atom. The van der Waals surface area contributed by atoms with Gasteiger partial charge in [0.05, 0.1) is 11.6 Å². The molecule has 0 fully saturated rings. The summed E-state index contributed by atoms with van der Waals surface area (Å²) < 4.78 is 0. The van der Waals surface area contributed by atoms with Gasteiger partial charge in [0.15, 0.2) is 5.01 Å². The van der Waals surface area contributed by atoms with Crippen LogP contribution >= 0.6 is 34.5 Å². The molecule has 16 heavy (non-hydrogen) atoms. The summed E-state index contributed by atoms with van der Waals surface area (Å²) >= 11 is 12.6. The van der Waals surface area contributed by atoms with E-state index in [4.69, 9.17) is 23.2 Å². The van der Waals surface area contributed by atoms with Crippen molar-refractivity contribution in [3.8, 4) is 11.3 Å². The van der Waals surface area contributed by atoms with Gasteiger partial charge in [-0.05, 0) is 12.1 Å². The largest absolute Gasteiger partial charge is 0.290 e. The molecule has 1 aromatic heterocycles. The number of Topliss-reactive ketones (excluding diaryl/α,β-unsaturated/α-hetero) is 1. The van der Waals surface area contributed by atoms with Crippen LogP contribution in [0.25, 0.3) is 11.3 Å². The highest BCUT2D eigenvalue weighted by atomic mass is 35.5. The Hall–Kier alpha value is -0.900. The fourth-order valence-electron chi connectivity index (χ4n) is 1.21. The van der Waals surface area contributed by atoms with Gasteiger partial charge in [0.1, 0.15) is 0 Å². The van der Waals surface area contributed by atoms with Crippen molar-refractivity contribution < 1.29 is 4.79 Å². The first kappa shape index (κ1) is 11.6. The zero-order valence-electron chi connectivity index (χ0n) is 8.11. The molecule has 0 bridgehead atoms. The number of rotatable bonds is 3. The summed E-state index contributed by atoms with van der Waals surface area (Å²) in [5.74, 6) is -0.181. The number of nitrogens with zero attached hydrogens (tertiary/aromatic N) is 1. The maximum atomic E-state index is 11.3. The zero-order valence-corrected chi connectivity index (χ0v) is 10.4.